The van der Waals surface area contributed by atoms with E-state index in [1.807, 2.05) is 29.2 Å². The number of rotatable bonds is 4. The van der Waals surface area contributed by atoms with Crippen LogP contribution in [0.3, 0.4) is 0 Å². The standard InChI is InChI=1S/C15H20ClNOS/c1-12-5-4-9-17(11-12)15(18)8-10-19-14-7-3-2-6-13(14)16/h2-3,6-7,12H,4-5,8-11H2,1H3. The summed E-state index contributed by atoms with van der Waals surface area (Å²) in [6, 6.07) is 7.79. The maximum absolute atomic E-state index is 12.1. The molecule has 0 spiro atoms. The van der Waals surface area contributed by atoms with Crippen molar-refractivity contribution in [3.8, 4) is 0 Å². The van der Waals surface area contributed by atoms with Gasteiger partial charge >= 0.3 is 0 Å². The summed E-state index contributed by atoms with van der Waals surface area (Å²) in [6.45, 7) is 4.08. The average Bonchev–Trinajstić information content (AvgIpc) is 2.41. The van der Waals surface area contributed by atoms with Gasteiger partial charge in [-0.05, 0) is 30.9 Å². The molecule has 0 aromatic heterocycles. The van der Waals surface area contributed by atoms with E-state index in [0.717, 1.165) is 35.2 Å². The fourth-order valence-electron chi connectivity index (χ4n) is 2.38. The Morgan fingerprint density at radius 1 is 1.47 bits per heavy atom. The van der Waals surface area contributed by atoms with Gasteiger partial charge in [0.05, 0.1) is 5.02 Å². The van der Waals surface area contributed by atoms with Crippen molar-refractivity contribution in [3.63, 3.8) is 0 Å². The Hall–Kier alpha value is -0.670. The van der Waals surface area contributed by atoms with Gasteiger partial charge in [-0.15, -0.1) is 11.8 Å². The molecule has 1 unspecified atom stereocenters. The number of carbonyl (C=O) groups excluding carboxylic acids is 1. The summed E-state index contributed by atoms with van der Waals surface area (Å²) >= 11 is 7.75. The van der Waals surface area contributed by atoms with Crippen molar-refractivity contribution in [3.05, 3.63) is 29.3 Å². The summed E-state index contributed by atoms with van der Waals surface area (Å²) in [5, 5.41) is 0.770. The van der Waals surface area contributed by atoms with Gasteiger partial charge in [0.2, 0.25) is 5.91 Å². The van der Waals surface area contributed by atoms with Gasteiger partial charge in [-0.25, -0.2) is 0 Å². The van der Waals surface area contributed by atoms with E-state index in [1.54, 1.807) is 11.8 Å². The molecule has 2 rings (SSSR count). The number of halogens is 1. The lowest BCUT2D eigenvalue weighted by Gasteiger charge is -2.31. The van der Waals surface area contributed by atoms with Gasteiger partial charge in [-0.2, -0.15) is 0 Å². The van der Waals surface area contributed by atoms with Crippen LogP contribution in [0.5, 0.6) is 0 Å². The van der Waals surface area contributed by atoms with Crippen LogP contribution in [-0.2, 0) is 4.79 Å². The number of hydrogen-bond donors (Lipinski definition) is 0. The lowest BCUT2D eigenvalue weighted by atomic mass is 10.0. The van der Waals surface area contributed by atoms with Crippen LogP contribution in [0, 0.1) is 5.92 Å². The summed E-state index contributed by atoms with van der Waals surface area (Å²) < 4.78 is 0. The first-order valence-electron chi connectivity index (χ1n) is 6.82. The minimum absolute atomic E-state index is 0.283. The highest BCUT2D eigenvalue weighted by molar-refractivity contribution is 7.99. The Morgan fingerprint density at radius 3 is 3.00 bits per heavy atom. The Kier molecular flexibility index (Phi) is 5.59. The van der Waals surface area contributed by atoms with E-state index in [0.29, 0.717) is 12.3 Å². The number of hydrogen-bond acceptors (Lipinski definition) is 2. The number of nitrogens with zero attached hydrogens (tertiary/aromatic N) is 1. The van der Waals surface area contributed by atoms with Crippen molar-refractivity contribution < 1.29 is 4.79 Å². The Balaban J connectivity index is 1.76. The van der Waals surface area contributed by atoms with Crippen LogP contribution in [-0.4, -0.2) is 29.6 Å². The van der Waals surface area contributed by atoms with Gasteiger partial charge in [0, 0.05) is 30.2 Å². The highest BCUT2D eigenvalue weighted by Gasteiger charge is 2.20. The molecule has 0 saturated carbocycles. The maximum Gasteiger partial charge on any atom is 0.223 e. The van der Waals surface area contributed by atoms with Crippen molar-refractivity contribution in [1.82, 2.24) is 4.90 Å². The van der Waals surface area contributed by atoms with Gasteiger partial charge in [0.1, 0.15) is 0 Å². The van der Waals surface area contributed by atoms with Crippen LogP contribution in [0.15, 0.2) is 29.2 Å². The van der Waals surface area contributed by atoms with Gasteiger partial charge in [0.15, 0.2) is 0 Å². The predicted molar refractivity (Wildman–Crippen MR) is 81.8 cm³/mol. The minimum Gasteiger partial charge on any atom is -0.342 e. The zero-order valence-corrected chi connectivity index (χ0v) is 12.8. The van der Waals surface area contributed by atoms with Gasteiger partial charge < -0.3 is 4.90 Å². The zero-order valence-electron chi connectivity index (χ0n) is 11.3. The smallest absolute Gasteiger partial charge is 0.223 e. The minimum atomic E-state index is 0.283. The molecule has 1 aliphatic rings. The maximum atomic E-state index is 12.1. The molecule has 0 aliphatic carbocycles. The number of thioether (sulfide) groups is 1. The topological polar surface area (TPSA) is 20.3 Å². The molecular formula is C15H20ClNOS. The van der Waals surface area contributed by atoms with Crippen LogP contribution in [0.4, 0.5) is 0 Å². The average molecular weight is 298 g/mol. The number of piperidine rings is 1. The second-order valence-electron chi connectivity index (χ2n) is 5.12. The molecule has 1 saturated heterocycles. The fourth-order valence-corrected chi connectivity index (χ4v) is 3.56. The van der Waals surface area contributed by atoms with E-state index in [-0.39, 0.29) is 5.91 Å². The third-order valence-corrected chi connectivity index (χ3v) is 4.94. The summed E-state index contributed by atoms with van der Waals surface area (Å²) in [6.07, 6.45) is 2.99. The predicted octanol–water partition coefficient (Wildman–Crippen LogP) is 4.08. The van der Waals surface area contributed by atoms with Gasteiger partial charge in [-0.3, -0.25) is 4.79 Å². The van der Waals surface area contributed by atoms with Crippen molar-refractivity contribution in [1.29, 1.82) is 0 Å². The van der Waals surface area contributed by atoms with E-state index >= 15 is 0 Å². The molecule has 1 fully saturated rings. The molecule has 1 aromatic carbocycles. The first kappa shape index (κ1) is 14.7. The van der Waals surface area contributed by atoms with E-state index in [4.69, 9.17) is 11.6 Å². The number of carbonyl (C=O) groups is 1. The molecule has 0 bridgehead atoms. The second kappa shape index (κ2) is 7.20. The first-order chi connectivity index (χ1) is 9.16. The van der Waals surface area contributed by atoms with Crippen LogP contribution in [0.25, 0.3) is 0 Å². The van der Waals surface area contributed by atoms with Crippen LogP contribution < -0.4 is 0 Å². The molecule has 0 N–H and O–H groups in total. The normalized spacial score (nSPS) is 19.5. The van der Waals surface area contributed by atoms with Crippen LogP contribution in [0.1, 0.15) is 26.2 Å². The number of likely N-dealkylation sites (tertiary alicyclic amines) is 1. The molecule has 4 heteroatoms. The molecular weight excluding hydrogens is 278 g/mol. The Morgan fingerprint density at radius 2 is 2.26 bits per heavy atom. The molecule has 104 valence electrons. The highest BCUT2D eigenvalue weighted by atomic mass is 35.5. The monoisotopic (exact) mass is 297 g/mol. The highest BCUT2D eigenvalue weighted by Crippen LogP contribution is 2.27. The SMILES string of the molecule is CC1CCCN(C(=O)CCSc2ccccc2Cl)C1. The van der Waals surface area contributed by atoms with E-state index in [9.17, 15) is 4.79 Å². The van der Waals surface area contributed by atoms with E-state index in [2.05, 4.69) is 6.92 Å². The van der Waals surface area contributed by atoms with Gasteiger partial charge in [0.25, 0.3) is 0 Å². The zero-order chi connectivity index (χ0) is 13.7. The van der Waals surface area contributed by atoms with Crippen molar-refractivity contribution in [2.75, 3.05) is 18.8 Å². The van der Waals surface area contributed by atoms with E-state index < -0.39 is 0 Å². The Bertz CT molecular complexity index is 438. The Labute approximate surface area is 124 Å². The van der Waals surface area contributed by atoms with Crippen molar-refractivity contribution in [2.24, 2.45) is 5.92 Å². The van der Waals surface area contributed by atoms with Crippen molar-refractivity contribution >= 4 is 29.3 Å². The summed E-state index contributed by atoms with van der Waals surface area (Å²) in [7, 11) is 0. The summed E-state index contributed by atoms with van der Waals surface area (Å²) in [4.78, 5) is 15.2. The third-order valence-electron chi connectivity index (χ3n) is 3.42. The third kappa shape index (κ3) is 4.43. The first-order valence-corrected chi connectivity index (χ1v) is 8.18. The summed E-state index contributed by atoms with van der Waals surface area (Å²) in [5.74, 6) is 1.73. The second-order valence-corrected chi connectivity index (χ2v) is 6.66. The lowest BCUT2D eigenvalue weighted by molar-refractivity contribution is -0.132. The van der Waals surface area contributed by atoms with Crippen molar-refractivity contribution in [2.45, 2.75) is 31.1 Å². The van der Waals surface area contributed by atoms with Gasteiger partial charge in [-0.1, -0.05) is 30.7 Å². The summed E-state index contributed by atoms with van der Waals surface area (Å²) in [5.41, 5.74) is 0. The van der Waals surface area contributed by atoms with Crippen LogP contribution >= 0.6 is 23.4 Å². The molecule has 1 atom stereocenters. The molecule has 1 heterocycles. The molecule has 2 nitrogen and oxygen atoms in total. The van der Waals surface area contributed by atoms with E-state index in [1.165, 1.54) is 6.42 Å². The molecule has 19 heavy (non-hydrogen) atoms. The number of amides is 1. The largest absolute Gasteiger partial charge is 0.342 e. The molecule has 0 radical (unpaired) electrons. The molecule has 1 aromatic rings. The fraction of sp³-hybridized carbons (Fsp3) is 0.533. The number of benzene rings is 1. The molecule has 1 aliphatic heterocycles. The quantitative estimate of drug-likeness (QED) is 0.781. The lowest BCUT2D eigenvalue weighted by Crippen LogP contribution is -2.39. The van der Waals surface area contributed by atoms with Crippen LogP contribution in [0.2, 0.25) is 5.02 Å². The molecule has 1 amide bonds.